The van der Waals surface area contributed by atoms with E-state index < -0.39 is 5.41 Å². The van der Waals surface area contributed by atoms with Crippen LogP contribution in [-0.4, -0.2) is 34.7 Å². The van der Waals surface area contributed by atoms with Gasteiger partial charge in [-0.2, -0.15) is 0 Å². The van der Waals surface area contributed by atoms with Gasteiger partial charge in [-0.1, -0.05) is 19.9 Å². The summed E-state index contributed by atoms with van der Waals surface area (Å²) in [5, 5.41) is 0. The first-order valence-corrected chi connectivity index (χ1v) is 6.32. The van der Waals surface area contributed by atoms with Gasteiger partial charge in [-0.15, -0.1) is 0 Å². The summed E-state index contributed by atoms with van der Waals surface area (Å²) in [5.74, 6) is 0.0862. The maximum Gasteiger partial charge on any atom is 0.219 e. The van der Waals surface area contributed by atoms with Crippen molar-refractivity contribution in [2.45, 2.75) is 20.8 Å². The fourth-order valence-electron chi connectivity index (χ4n) is 2.29. The number of amides is 1. The Morgan fingerprint density at radius 3 is 2.74 bits per heavy atom. The normalized spacial score (nSPS) is 20.7. The number of carbonyl (C=O) groups is 2. The van der Waals surface area contributed by atoms with Crippen LogP contribution in [0.2, 0.25) is 0 Å². The van der Waals surface area contributed by atoms with Gasteiger partial charge < -0.3 is 4.90 Å². The summed E-state index contributed by atoms with van der Waals surface area (Å²) in [7, 11) is 0. The van der Waals surface area contributed by atoms with Crippen LogP contribution < -0.4 is 0 Å². The number of pyridine rings is 1. The molecule has 2 heterocycles. The molecule has 100 valence electrons. The van der Waals surface area contributed by atoms with Crippen molar-refractivity contribution in [1.82, 2.24) is 9.88 Å². The molecule has 1 aliphatic heterocycles. The fraction of sp³-hybridized carbons (Fsp3) is 0.400. The van der Waals surface area contributed by atoms with Gasteiger partial charge in [0.2, 0.25) is 5.91 Å². The summed E-state index contributed by atoms with van der Waals surface area (Å²) < 4.78 is 0. The van der Waals surface area contributed by atoms with Crippen LogP contribution in [0.1, 0.15) is 26.5 Å². The lowest BCUT2D eigenvalue weighted by Crippen LogP contribution is -2.49. The third-order valence-corrected chi connectivity index (χ3v) is 3.31. The number of likely N-dealkylation sites (tertiary alicyclic amines) is 1. The van der Waals surface area contributed by atoms with Gasteiger partial charge in [0, 0.05) is 37.2 Å². The average molecular weight is 258 g/mol. The molecule has 0 aromatic carbocycles. The minimum atomic E-state index is -0.537. The number of hydrogen-bond donors (Lipinski definition) is 0. The number of carbonyl (C=O) groups excluding carboxylic acids is 2. The molecular formula is C15H18N2O2. The number of aromatic nitrogens is 1. The molecule has 0 atom stereocenters. The van der Waals surface area contributed by atoms with E-state index in [4.69, 9.17) is 0 Å². The molecule has 4 nitrogen and oxygen atoms in total. The monoisotopic (exact) mass is 258 g/mol. The van der Waals surface area contributed by atoms with Crippen LogP contribution in [0.15, 0.2) is 30.0 Å². The fourth-order valence-corrected chi connectivity index (χ4v) is 2.29. The Balaban J connectivity index is 2.35. The Bertz CT molecular complexity index is 532. The standard InChI is InChI=1S/C15H18N2O2/c1-11(18)17-9-12(14(19)15(2,3)10-17)8-13-6-4-5-7-16-13/h4-8H,9-10H2,1-3H3. The molecule has 1 aromatic rings. The van der Waals surface area contributed by atoms with Crippen molar-refractivity contribution < 1.29 is 9.59 Å². The summed E-state index contributed by atoms with van der Waals surface area (Å²) in [6.07, 6.45) is 3.47. The lowest BCUT2D eigenvalue weighted by molar-refractivity contribution is -0.135. The molecule has 0 spiro atoms. The zero-order valence-electron chi connectivity index (χ0n) is 11.5. The van der Waals surface area contributed by atoms with Crippen molar-refractivity contribution >= 4 is 17.8 Å². The molecule has 0 radical (unpaired) electrons. The third kappa shape index (κ3) is 2.89. The van der Waals surface area contributed by atoms with Crippen molar-refractivity contribution in [2.24, 2.45) is 5.41 Å². The van der Waals surface area contributed by atoms with E-state index in [0.717, 1.165) is 5.69 Å². The van der Waals surface area contributed by atoms with Crippen molar-refractivity contribution in [3.05, 3.63) is 35.7 Å². The summed E-state index contributed by atoms with van der Waals surface area (Å²) >= 11 is 0. The summed E-state index contributed by atoms with van der Waals surface area (Å²) in [6, 6.07) is 5.55. The Morgan fingerprint density at radius 1 is 1.42 bits per heavy atom. The van der Waals surface area contributed by atoms with Gasteiger partial charge in [-0.3, -0.25) is 14.6 Å². The molecule has 1 aliphatic rings. The predicted molar refractivity (Wildman–Crippen MR) is 73.3 cm³/mol. The number of nitrogens with zero attached hydrogens (tertiary/aromatic N) is 2. The second-order valence-corrected chi connectivity index (χ2v) is 5.51. The minimum Gasteiger partial charge on any atom is -0.337 e. The highest BCUT2D eigenvalue weighted by Crippen LogP contribution is 2.29. The zero-order chi connectivity index (χ0) is 14.0. The average Bonchev–Trinajstić information content (AvgIpc) is 2.35. The van der Waals surface area contributed by atoms with Crippen LogP contribution >= 0.6 is 0 Å². The molecule has 19 heavy (non-hydrogen) atoms. The first kappa shape index (κ1) is 13.5. The van der Waals surface area contributed by atoms with E-state index in [1.54, 1.807) is 17.2 Å². The molecule has 1 aromatic heterocycles. The molecule has 0 N–H and O–H groups in total. The smallest absolute Gasteiger partial charge is 0.219 e. The Hall–Kier alpha value is -1.97. The van der Waals surface area contributed by atoms with Gasteiger partial charge in [-0.05, 0) is 18.2 Å². The van der Waals surface area contributed by atoms with Gasteiger partial charge in [0.15, 0.2) is 5.78 Å². The highest BCUT2D eigenvalue weighted by molar-refractivity contribution is 6.05. The van der Waals surface area contributed by atoms with Crippen molar-refractivity contribution in [2.75, 3.05) is 13.1 Å². The molecule has 4 heteroatoms. The molecule has 1 fully saturated rings. The summed E-state index contributed by atoms with van der Waals surface area (Å²) in [6.45, 7) is 6.12. The highest BCUT2D eigenvalue weighted by atomic mass is 16.2. The maximum absolute atomic E-state index is 12.4. The summed E-state index contributed by atoms with van der Waals surface area (Å²) in [4.78, 5) is 29.8. The third-order valence-electron chi connectivity index (χ3n) is 3.31. The molecular weight excluding hydrogens is 240 g/mol. The number of Topliss-reactive ketones (excluding diaryl/α,β-unsaturated/α-hetero) is 1. The lowest BCUT2D eigenvalue weighted by atomic mass is 9.80. The van der Waals surface area contributed by atoms with Gasteiger partial charge in [0.1, 0.15) is 0 Å². The molecule has 0 bridgehead atoms. The Labute approximate surface area is 113 Å². The molecule has 1 saturated heterocycles. The topological polar surface area (TPSA) is 50.3 Å². The molecule has 0 saturated carbocycles. The maximum atomic E-state index is 12.4. The van der Waals surface area contributed by atoms with Crippen LogP contribution in [0, 0.1) is 5.41 Å². The number of hydrogen-bond acceptors (Lipinski definition) is 3. The van der Waals surface area contributed by atoms with Crippen molar-refractivity contribution in [1.29, 1.82) is 0 Å². The Morgan fingerprint density at radius 2 is 2.16 bits per heavy atom. The molecule has 1 amide bonds. The van der Waals surface area contributed by atoms with Crippen LogP contribution in [0.25, 0.3) is 6.08 Å². The van der Waals surface area contributed by atoms with Crippen molar-refractivity contribution in [3.8, 4) is 0 Å². The molecule has 0 unspecified atom stereocenters. The van der Waals surface area contributed by atoms with Gasteiger partial charge in [-0.25, -0.2) is 0 Å². The van der Waals surface area contributed by atoms with E-state index in [9.17, 15) is 9.59 Å². The number of piperidine rings is 1. The zero-order valence-corrected chi connectivity index (χ0v) is 11.5. The highest BCUT2D eigenvalue weighted by Gasteiger charge is 2.38. The van der Waals surface area contributed by atoms with E-state index in [-0.39, 0.29) is 11.7 Å². The van der Waals surface area contributed by atoms with Crippen LogP contribution in [0.5, 0.6) is 0 Å². The van der Waals surface area contributed by atoms with Crippen LogP contribution in [-0.2, 0) is 9.59 Å². The molecule has 0 aliphatic carbocycles. The van der Waals surface area contributed by atoms with Crippen LogP contribution in [0.3, 0.4) is 0 Å². The number of rotatable bonds is 1. The van der Waals surface area contributed by atoms with E-state index >= 15 is 0 Å². The second-order valence-electron chi connectivity index (χ2n) is 5.51. The van der Waals surface area contributed by atoms with Gasteiger partial charge in [0.25, 0.3) is 0 Å². The van der Waals surface area contributed by atoms with Crippen LogP contribution in [0.4, 0.5) is 0 Å². The van der Waals surface area contributed by atoms with Gasteiger partial charge in [0.05, 0.1) is 5.69 Å². The quantitative estimate of drug-likeness (QED) is 0.723. The predicted octanol–water partition coefficient (Wildman–Crippen LogP) is 1.92. The summed E-state index contributed by atoms with van der Waals surface area (Å²) in [5.41, 5.74) is 0.849. The Kier molecular flexibility index (Phi) is 3.51. The minimum absolute atomic E-state index is 0.00695. The largest absolute Gasteiger partial charge is 0.337 e. The van der Waals surface area contributed by atoms with E-state index in [0.29, 0.717) is 18.7 Å². The first-order valence-electron chi connectivity index (χ1n) is 6.32. The second kappa shape index (κ2) is 4.96. The lowest BCUT2D eigenvalue weighted by Gasteiger charge is -2.37. The van der Waals surface area contributed by atoms with Crippen molar-refractivity contribution in [3.63, 3.8) is 0 Å². The SMILES string of the molecule is CC(=O)N1CC(=Cc2ccccn2)C(=O)C(C)(C)C1. The van der Waals surface area contributed by atoms with Gasteiger partial charge >= 0.3 is 0 Å². The van der Waals surface area contributed by atoms with E-state index in [1.165, 1.54) is 6.92 Å². The van der Waals surface area contributed by atoms with E-state index in [1.807, 2.05) is 32.0 Å². The van der Waals surface area contributed by atoms with E-state index in [2.05, 4.69) is 4.98 Å². The number of ketones is 1. The molecule has 2 rings (SSSR count). The first-order chi connectivity index (χ1) is 8.90.